The van der Waals surface area contributed by atoms with Gasteiger partial charge in [-0.1, -0.05) is 0 Å². The molecule has 1 aliphatic heterocycles. The highest BCUT2D eigenvalue weighted by Gasteiger charge is 2.20. The van der Waals surface area contributed by atoms with Crippen LogP contribution in [0.15, 0.2) is 5.38 Å². The number of aromatic nitrogens is 1. The van der Waals surface area contributed by atoms with Gasteiger partial charge >= 0.3 is 0 Å². The Balaban J connectivity index is 1.91. The average Bonchev–Trinajstić information content (AvgIpc) is 2.84. The molecule has 0 aromatic carbocycles. The molecule has 0 amide bonds. The van der Waals surface area contributed by atoms with Gasteiger partial charge < -0.3 is 10.1 Å². The van der Waals surface area contributed by atoms with Crippen molar-refractivity contribution in [3.05, 3.63) is 16.1 Å². The minimum Gasteiger partial charge on any atom is -0.381 e. The van der Waals surface area contributed by atoms with Crippen LogP contribution in [0.5, 0.6) is 0 Å². The Hall–Kier alpha value is -0.450. The van der Waals surface area contributed by atoms with Crippen molar-refractivity contribution in [2.45, 2.75) is 45.2 Å². The Labute approximate surface area is 101 Å². The summed E-state index contributed by atoms with van der Waals surface area (Å²) in [7, 11) is 0. The molecule has 1 atom stereocenters. The highest BCUT2D eigenvalue weighted by molar-refractivity contribution is 7.09. The van der Waals surface area contributed by atoms with Crippen molar-refractivity contribution in [1.29, 1.82) is 0 Å². The highest BCUT2D eigenvalue weighted by Crippen LogP contribution is 2.26. The van der Waals surface area contributed by atoms with E-state index in [-0.39, 0.29) is 5.54 Å². The van der Waals surface area contributed by atoms with Crippen LogP contribution in [-0.2, 0) is 11.3 Å². The maximum Gasteiger partial charge on any atom is 0.107 e. The standard InChI is InChI=1S/C12H20N2OS/c1-12(2,3)13-6-11-14-10(8-16-11)9-4-5-15-7-9/h8-9,13H,4-7H2,1-3H3. The van der Waals surface area contributed by atoms with Gasteiger partial charge in [-0.2, -0.15) is 0 Å². The van der Waals surface area contributed by atoms with Gasteiger partial charge in [0.1, 0.15) is 5.01 Å². The number of ether oxygens (including phenoxy) is 1. The number of thiazole rings is 1. The molecule has 3 nitrogen and oxygen atoms in total. The molecule has 0 aliphatic carbocycles. The summed E-state index contributed by atoms with van der Waals surface area (Å²) in [5.74, 6) is 0.527. The van der Waals surface area contributed by atoms with Crippen LogP contribution in [0.2, 0.25) is 0 Å². The molecule has 0 spiro atoms. The van der Waals surface area contributed by atoms with E-state index in [0.29, 0.717) is 5.92 Å². The van der Waals surface area contributed by atoms with Crippen LogP contribution in [0, 0.1) is 0 Å². The lowest BCUT2D eigenvalue weighted by Crippen LogP contribution is -2.35. The molecule has 2 rings (SSSR count). The largest absolute Gasteiger partial charge is 0.381 e. The summed E-state index contributed by atoms with van der Waals surface area (Å²) in [6, 6.07) is 0. The molecule has 90 valence electrons. The van der Waals surface area contributed by atoms with Gasteiger partial charge in [-0.15, -0.1) is 11.3 Å². The van der Waals surface area contributed by atoms with Gasteiger partial charge in [-0.25, -0.2) is 4.98 Å². The van der Waals surface area contributed by atoms with E-state index in [1.54, 1.807) is 11.3 Å². The van der Waals surface area contributed by atoms with Gasteiger partial charge in [0.25, 0.3) is 0 Å². The quantitative estimate of drug-likeness (QED) is 0.881. The average molecular weight is 240 g/mol. The Kier molecular flexibility index (Phi) is 3.62. The fraction of sp³-hybridized carbons (Fsp3) is 0.750. The summed E-state index contributed by atoms with van der Waals surface area (Å²) in [6.45, 7) is 9.11. The molecule has 4 heteroatoms. The van der Waals surface area contributed by atoms with E-state index in [2.05, 4.69) is 36.5 Å². The molecule has 1 unspecified atom stereocenters. The molecule has 1 aromatic heterocycles. The second-order valence-electron chi connectivity index (χ2n) is 5.33. The van der Waals surface area contributed by atoms with Crippen molar-refractivity contribution < 1.29 is 4.74 Å². The van der Waals surface area contributed by atoms with Crippen molar-refractivity contribution >= 4 is 11.3 Å². The molecule has 0 bridgehead atoms. The molecule has 1 aromatic rings. The lowest BCUT2D eigenvalue weighted by molar-refractivity contribution is 0.193. The van der Waals surface area contributed by atoms with Crippen molar-refractivity contribution in [1.82, 2.24) is 10.3 Å². The molecule has 1 saturated heterocycles. The van der Waals surface area contributed by atoms with Crippen LogP contribution < -0.4 is 5.32 Å². The first kappa shape index (κ1) is 12.0. The summed E-state index contributed by atoms with van der Waals surface area (Å²) in [4.78, 5) is 4.67. The fourth-order valence-electron chi connectivity index (χ4n) is 1.70. The molecule has 2 heterocycles. The third kappa shape index (κ3) is 3.27. The summed E-state index contributed by atoms with van der Waals surface area (Å²) < 4.78 is 5.38. The van der Waals surface area contributed by atoms with E-state index in [1.165, 1.54) is 10.7 Å². The van der Waals surface area contributed by atoms with Crippen LogP contribution in [0.1, 0.15) is 43.8 Å². The Morgan fingerprint density at radius 3 is 3.00 bits per heavy atom. The Bertz CT molecular complexity index is 337. The van der Waals surface area contributed by atoms with Crippen LogP contribution >= 0.6 is 11.3 Å². The second kappa shape index (κ2) is 4.82. The summed E-state index contributed by atoms with van der Waals surface area (Å²) >= 11 is 1.75. The minimum absolute atomic E-state index is 0.155. The first-order valence-corrected chi connectivity index (χ1v) is 6.69. The van der Waals surface area contributed by atoms with Crippen LogP contribution in [0.3, 0.4) is 0 Å². The summed E-state index contributed by atoms with van der Waals surface area (Å²) in [6.07, 6.45) is 1.12. The minimum atomic E-state index is 0.155. The van der Waals surface area contributed by atoms with Gasteiger partial charge in [0, 0.05) is 30.0 Å². The molecule has 0 radical (unpaired) electrons. The van der Waals surface area contributed by atoms with E-state index in [4.69, 9.17) is 4.74 Å². The molecule has 16 heavy (non-hydrogen) atoms. The van der Waals surface area contributed by atoms with Gasteiger partial charge in [-0.05, 0) is 27.2 Å². The Morgan fingerprint density at radius 1 is 1.56 bits per heavy atom. The number of rotatable bonds is 3. The predicted molar refractivity (Wildman–Crippen MR) is 66.9 cm³/mol. The third-order valence-electron chi connectivity index (χ3n) is 2.69. The van der Waals surface area contributed by atoms with E-state index in [9.17, 15) is 0 Å². The summed E-state index contributed by atoms with van der Waals surface area (Å²) in [5.41, 5.74) is 1.37. The maximum atomic E-state index is 5.38. The number of nitrogens with one attached hydrogen (secondary N) is 1. The predicted octanol–water partition coefficient (Wildman–Crippen LogP) is 2.54. The zero-order valence-electron chi connectivity index (χ0n) is 10.2. The molecular formula is C12H20N2OS. The Morgan fingerprint density at radius 2 is 2.38 bits per heavy atom. The smallest absolute Gasteiger partial charge is 0.107 e. The molecule has 1 fully saturated rings. The van der Waals surface area contributed by atoms with Gasteiger partial charge in [-0.3, -0.25) is 0 Å². The van der Waals surface area contributed by atoms with E-state index in [1.807, 2.05) is 0 Å². The maximum absolute atomic E-state index is 5.38. The third-order valence-corrected chi connectivity index (χ3v) is 3.55. The SMILES string of the molecule is CC(C)(C)NCc1nc(C2CCOC2)cs1. The zero-order valence-corrected chi connectivity index (χ0v) is 11.1. The topological polar surface area (TPSA) is 34.2 Å². The number of hydrogen-bond donors (Lipinski definition) is 1. The van der Waals surface area contributed by atoms with Crippen molar-refractivity contribution in [3.8, 4) is 0 Å². The first-order chi connectivity index (χ1) is 7.54. The molecular weight excluding hydrogens is 220 g/mol. The molecule has 0 saturated carbocycles. The number of nitrogens with zero attached hydrogens (tertiary/aromatic N) is 1. The van der Waals surface area contributed by atoms with Gasteiger partial charge in [0.05, 0.1) is 12.3 Å². The van der Waals surface area contributed by atoms with E-state index in [0.717, 1.165) is 26.2 Å². The van der Waals surface area contributed by atoms with Crippen molar-refractivity contribution in [2.24, 2.45) is 0 Å². The molecule has 1 N–H and O–H groups in total. The second-order valence-corrected chi connectivity index (χ2v) is 6.27. The fourth-order valence-corrected chi connectivity index (χ4v) is 2.52. The van der Waals surface area contributed by atoms with Gasteiger partial charge in [0.2, 0.25) is 0 Å². The van der Waals surface area contributed by atoms with Crippen LogP contribution in [0.25, 0.3) is 0 Å². The van der Waals surface area contributed by atoms with E-state index >= 15 is 0 Å². The van der Waals surface area contributed by atoms with Gasteiger partial charge in [0.15, 0.2) is 0 Å². The highest BCUT2D eigenvalue weighted by atomic mass is 32.1. The lowest BCUT2D eigenvalue weighted by Gasteiger charge is -2.19. The van der Waals surface area contributed by atoms with Crippen LogP contribution in [0.4, 0.5) is 0 Å². The summed E-state index contributed by atoms with van der Waals surface area (Å²) in [5, 5.41) is 6.82. The van der Waals surface area contributed by atoms with E-state index < -0.39 is 0 Å². The normalized spacial score (nSPS) is 21.6. The lowest BCUT2D eigenvalue weighted by atomic mass is 10.1. The molecule has 1 aliphatic rings. The monoisotopic (exact) mass is 240 g/mol. The van der Waals surface area contributed by atoms with Crippen molar-refractivity contribution in [2.75, 3.05) is 13.2 Å². The zero-order chi connectivity index (χ0) is 11.6. The van der Waals surface area contributed by atoms with Crippen molar-refractivity contribution in [3.63, 3.8) is 0 Å². The van der Waals surface area contributed by atoms with Crippen LogP contribution in [-0.4, -0.2) is 23.7 Å². The first-order valence-electron chi connectivity index (χ1n) is 5.82. The number of hydrogen-bond acceptors (Lipinski definition) is 4.